The minimum Gasteiger partial charge on any atom is -0.381 e. The van der Waals surface area contributed by atoms with Crippen LogP contribution in [0.25, 0.3) is 0 Å². The summed E-state index contributed by atoms with van der Waals surface area (Å²) in [5, 5.41) is 3.54. The summed E-state index contributed by atoms with van der Waals surface area (Å²) in [4.78, 5) is 0. The molecule has 2 rings (SSSR count). The van der Waals surface area contributed by atoms with Gasteiger partial charge < -0.3 is 15.8 Å². The molecular weight excluding hydrogens is 200 g/mol. The largest absolute Gasteiger partial charge is 0.381 e. The van der Waals surface area contributed by atoms with Crippen LogP contribution in [-0.2, 0) is 4.74 Å². The fourth-order valence-electron chi connectivity index (χ4n) is 2.89. The van der Waals surface area contributed by atoms with Crippen molar-refractivity contribution in [3.8, 4) is 0 Å². The maximum absolute atomic E-state index is 6.39. The highest BCUT2D eigenvalue weighted by molar-refractivity contribution is 4.87. The normalized spacial score (nSPS) is 29.4. The van der Waals surface area contributed by atoms with E-state index in [1.165, 1.54) is 38.5 Å². The van der Waals surface area contributed by atoms with E-state index >= 15 is 0 Å². The van der Waals surface area contributed by atoms with Crippen LogP contribution in [-0.4, -0.2) is 31.8 Å². The minimum absolute atomic E-state index is 0.136. The van der Waals surface area contributed by atoms with Crippen LogP contribution in [0, 0.1) is 5.92 Å². The summed E-state index contributed by atoms with van der Waals surface area (Å²) in [5.74, 6) is 0.736. The van der Waals surface area contributed by atoms with E-state index in [-0.39, 0.29) is 5.54 Å². The first-order chi connectivity index (χ1) is 7.79. The van der Waals surface area contributed by atoms with Gasteiger partial charge in [0, 0.05) is 18.7 Å². The zero-order valence-corrected chi connectivity index (χ0v) is 10.3. The minimum atomic E-state index is 0.136. The van der Waals surface area contributed by atoms with Gasteiger partial charge in [-0.2, -0.15) is 0 Å². The molecule has 1 atom stereocenters. The summed E-state index contributed by atoms with van der Waals surface area (Å²) in [6.45, 7) is 4.08. The number of ether oxygens (including phenoxy) is 1. The van der Waals surface area contributed by atoms with Gasteiger partial charge >= 0.3 is 0 Å². The Balaban J connectivity index is 1.56. The Kier molecular flexibility index (Phi) is 4.62. The summed E-state index contributed by atoms with van der Waals surface area (Å²) in [6, 6.07) is 0. The zero-order valence-electron chi connectivity index (χ0n) is 10.3. The van der Waals surface area contributed by atoms with E-state index in [2.05, 4.69) is 5.32 Å². The van der Waals surface area contributed by atoms with Gasteiger partial charge in [0.1, 0.15) is 0 Å². The molecule has 1 unspecified atom stereocenters. The molecule has 0 bridgehead atoms. The predicted octanol–water partition coefficient (Wildman–Crippen LogP) is 1.66. The number of rotatable bonds is 5. The quantitative estimate of drug-likeness (QED) is 0.701. The topological polar surface area (TPSA) is 47.3 Å². The molecule has 2 fully saturated rings. The summed E-state index contributed by atoms with van der Waals surface area (Å²) in [5.41, 5.74) is 6.52. The Hall–Kier alpha value is -0.120. The van der Waals surface area contributed by atoms with Crippen molar-refractivity contribution in [3.05, 3.63) is 0 Å². The van der Waals surface area contributed by atoms with E-state index in [1.807, 2.05) is 0 Å². The number of nitrogens with one attached hydrogen (secondary N) is 1. The number of hydrogen-bond acceptors (Lipinski definition) is 3. The van der Waals surface area contributed by atoms with Crippen molar-refractivity contribution in [3.63, 3.8) is 0 Å². The molecule has 16 heavy (non-hydrogen) atoms. The Morgan fingerprint density at radius 2 is 2.06 bits per heavy atom. The molecule has 1 heterocycles. The summed E-state index contributed by atoms with van der Waals surface area (Å²) < 4.78 is 5.36. The first kappa shape index (κ1) is 12.3. The molecular formula is C13H26N2O. The van der Waals surface area contributed by atoms with Gasteiger partial charge in [0.25, 0.3) is 0 Å². The highest BCUT2D eigenvalue weighted by Gasteiger charge is 2.26. The van der Waals surface area contributed by atoms with Gasteiger partial charge in [-0.1, -0.05) is 19.3 Å². The van der Waals surface area contributed by atoms with Crippen molar-refractivity contribution < 1.29 is 4.74 Å². The van der Waals surface area contributed by atoms with Gasteiger partial charge in [0.2, 0.25) is 0 Å². The molecule has 1 saturated heterocycles. The van der Waals surface area contributed by atoms with Crippen molar-refractivity contribution in [2.75, 3.05) is 26.3 Å². The highest BCUT2D eigenvalue weighted by Crippen LogP contribution is 2.28. The fraction of sp³-hybridized carbons (Fsp3) is 1.00. The molecule has 1 saturated carbocycles. The predicted molar refractivity (Wildman–Crippen MR) is 66.4 cm³/mol. The van der Waals surface area contributed by atoms with E-state index in [1.54, 1.807) is 0 Å². The van der Waals surface area contributed by atoms with Crippen LogP contribution in [0.5, 0.6) is 0 Å². The molecule has 0 aromatic rings. The molecule has 0 radical (unpaired) electrons. The lowest BCUT2D eigenvalue weighted by molar-refractivity contribution is 0.185. The molecule has 3 N–H and O–H groups in total. The van der Waals surface area contributed by atoms with Crippen LogP contribution in [0.15, 0.2) is 0 Å². The van der Waals surface area contributed by atoms with E-state index in [4.69, 9.17) is 10.5 Å². The molecule has 1 aliphatic carbocycles. The van der Waals surface area contributed by atoms with Crippen molar-refractivity contribution in [2.24, 2.45) is 11.7 Å². The van der Waals surface area contributed by atoms with Gasteiger partial charge in [-0.3, -0.25) is 0 Å². The van der Waals surface area contributed by atoms with Gasteiger partial charge in [0.15, 0.2) is 0 Å². The third kappa shape index (κ3) is 3.72. The Labute approximate surface area is 99.1 Å². The van der Waals surface area contributed by atoms with Gasteiger partial charge in [-0.25, -0.2) is 0 Å². The van der Waals surface area contributed by atoms with E-state index in [0.29, 0.717) is 0 Å². The Bertz CT molecular complexity index is 196. The standard InChI is InChI=1S/C13H26N2O/c14-13(5-2-1-3-6-13)7-8-15-10-12-4-9-16-11-12/h12,15H,1-11,14H2. The SMILES string of the molecule is NC1(CCNCC2CCOC2)CCCCC1. The van der Waals surface area contributed by atoms with Gasteiger partial charge in [-0.15, -0.1) is 0 Å². The molecule has 0 spiro atoms. The summed E-state index contributed by atoms with van der Waals surface area (Å²) in [6.07, 6.45) is 8.84. The number of nitrogens with two attached hydrogens (primary N) is 1. The summed E-state index contributed by atoms with van der Waals surface area (Å²) in [7, 11) is 0. The van der Waals surface area contributed by atoms with Crippen LogP contribution in [0.1, 0.15) is 44.9 Å². The van der Waals surface area contributed by atoms with Crippen molar-refractivity contribution in [1.82, 2.24) is 5.32 Å². The lowest BCUT2D eigenvalue weighted by atomic mass is 9.80. The first-order valence-electron chi connectivity index (χ1n) is 6.86. The average molecular weight is 226 g/mol. The van der Waals surface area contributed by atoms with E-state index < -0.39 is 0 Å². The Morgan fingerprint density at radius 3 is 2.75 bits per heavy atom. The van der Waals surface area contributed by atoms with Gasteiger partial charge in [0.05, 0.1) is 6.61 Å². The average Bonchev–Trinajstić information content (AvgIpc) is 2.78. The molecule has 0 aromatic heterocycles. The maximum Gasteiger partial charge on any atom is 0.0507 e. The van der Waals surface area contributed by atoms with Crippen LogP contribution < -0.4 is 11.1 Å². The second-order valence-electron chi connectivity index (χ2n) is 5.61. The van der Waals surface area contributed by atoms with Crippen LogP contribution >= 0.6 is 0 Å². The smallest absolute Gasteiger partial charge is 0.0507 e. The van der Waals surface area contributed by atoms with E-state index in [0.717, 1.165) is 38.6 Å². The molecule has 3 heteroatoms. The van der Waals surface area contributed by atoms with Crippen LogP contribution in [0.3, 0.4) is 0 Å². The van der Waals surface area contributed by atoms with Crippen molar-refractivity contribution in [1.29, 1.82) is 0 Å². The molecule has 1 aliphatic heterocycles. The van der Waals surface area contributed by atoms with Crippen molar-refractivity contribution in [2.45, 2.75) is 50.5 Å². The molecule has 94 valence electrons. The van der Waals surface area contributed by atoms with Gasteiger partial charge in [-0.05, 0) is 38.1 Å². The van der Waals surface area contributed by atoms with Crippen LogP contribution in [0.4, 0.5) is 0 Å². The molecule has 3 nitrogen and oxygen atoms in total. The van der Waals surface area contributed by atoms with E-state index in [9.17, 15) is 0 Å². The Morgan fingerprint density at radius 1 is 1.25 bits per heavy atom. The fourth-order valence-corrected chi connectivity index (χ4v) is 2.89. The second kappa shape index (κ2) is 5.99. The lowest BCUT2D eigenvalue weighted by Crippen LogP contribution is -2.44. The third-order valence-corrected chi connectivity index (χ3v) is 4.11. The summed E-state index contributed by atoms with van der Waals surface area (Å²) >= 11 is 0. The first-order valence-corrected chi connectivity index (χ1v) is 6.86. The molecule has 0 aromatic carbocycles. The second-order valence-corrected chi connectivity index (χ2v) is 5.61. The zero-order chi connectivity index (χ0) is 11.3. The van der Waals surface area contributed by atoms with Crippen molar-refractivity contribution >= 4 is 0 Å². The number of hydrogen-bond donors (Lipinski definition) is 2. The highest BCUT2D eigenvalue weighted by atomic mass is 16.5. The monoisotopic (exact) mass is 226 g/mol. The van der Waals surface area contributed by atoms with Crippen LogP contribution in [0.2, 0.25) is 0 Å². The maximum atomic E-state index is 6.39. The molecule has 0 amide bonds. The molecule has 2 aliphatic rings. The third-order valence-electron chi connectivity index (χ3n) is 4.11. The lowest BCUT2D eigenvalue weighted by Gasteiger charge is -2.33.